The molecule has 0 aromatic heterocycles. The molecule has 2 N–H and O–H groups in total. The van der Waals surface area contributed by atoms with Crippen molar-refractivity contribution in [2.24, 2.45) is 11.8 Å². The van der Waals surface area contributed by atoms with Gasteiger partial charge in [0.15, 0.2) is 0 Å². The van der Waals surface area contributed by atoms with Crippen LogP contribution in [0.2, 0.25) is 0 Å². The summed E-state index contributed by atoms with van der Waals surface area (Å²) in [5.74, 6) is 0.222. The average molecular weight is 243 g/mol. The van der Waals surface area contributed by atoms with Gasteiger partial charge < -0.3 is 15.2 Å². The smallest absolute Gasteiger partial charge is 0.309 e. The van der Waals surface area contributed by atoms with Crippen LogP contribution >= 0.6 is 0 Å². The fourth-order valence-electron chi connectivity index (χ4n) is 2.60. The topological polar surface area (TPSA) is 58.6 Å². The van der Waals surface area contributed by atoms with Crippen LogP contribution in [0, 0.1) is 11.8 Å². The van der Waals surface area contributed by atoms with Crippen molar-refractivity contribution in [3.8, 4) is 0 Å². The highest BCUT2D eigenvalue weighted by molar-refractivity contribution is 5.71. The van der Waals surface area contributed by atoms with Gasteiger partial charge in [-0.15, -0.1) is 0 Å². The quantitative estimate of drug-likeness (QED) is 0.715. The number of carbonyl (C=O) groups is 1. The lowest BCUT2D eigenvalue weighted by molar-refractivity contribution is -0.144. The molecular weight excluding hydrogens is 218 g/mol. The Bertz CT molecular complexity index is 257. The zero-order valence-electron chi connectivity index (χ0n) is 11.2. The predicted molar refractivity (Wildman–Crippen MR) is 66.6 cm³/mol. The number of methoxy groups -OCH3 is 1. The van der Waals surface area contributed by atoms with E-state index in [2.05, 4.69) is 17.0 Å². The number of aliphatic hydroxyl groups is 1. The number of nitrogens with one attached hydrogen (secondary N) is 1. The molecule has 0 heterocycles. The van der Waals surface area contributed by atoms with E-state index in [9.17, 15) is 9.90 Å². The van der Waals surface area contributed by atoms with Crippen molar-refractivity contribution in [1.82, 2.24) is 5.32 Å². The molecule has 3 atom stereocenters. The second kappa shape index (κ2) is 6.36. The minimum atomic E-state index is -0.590. The highest BCUT2D eigenvalue weighted by atomic mass is 16.5. The monoisotopic (exact) mass is 243 g/mol. The van der Waals surface area contributed by atoms with Gasteiger partial charge in [-0.05, 0) is 18.8 Å². The first kappa shape index (κ1) is 14.5. The number of esters is 1. The summed E-state index contributed by atoms with van der Waals surface area (Å²) in [5.41, 5.74) is -0.590. The van der Waals surface area contributed by atoms with Crippen LogP contribution in [-0.4, -0.2) is 36.9 Å². The van der Waals surface area contributed by atoms with Crippen LogP contribution in [0.5, 0.6) is 0 Å². The molecule has 17 heavy (non-hydrogen) atoms. The lowest BCUT2D eigenvalue weighted by Gasteiger charge is -2.36. The van der Waals surface area contributed by atoms with Crippen molar-refractivity contribution in [1.29, 1.82) is 0 Å². The molecule has 3 unspecified atom stereocenters. The second-order valence-corrected chi connectivity index (χ2v) is 5.48. The Morgan fingerprint density at radius 2 is 2.35 bits per heavy atom. The molecule has 0 amide bonds. The van der Waals surface area contributed by atoms with Gasteiger partial charge in [-0.2, -0.15) is 0 Å². The SMILES string of the molecule is COC(=O)C(C)CNCC1(O)CCCC(C)C1. The van der Waals surface area contributed by atoms with Gasteiger partial charge in [0.1, 0.15) is 0 Å². The average Bonchev–Trinajstić information content (AvgIpc) is 2.27. The molecule has 0 aromatic rings. The van der Waals surface area contributed by atoms with Gasteiger partial charge >= 0.3 is 5.97 Å². The summed E-state index contributed by atoms with van der Waals surface area (Å²) >= 11 is 0. The van der Waals surface area contributed by atoms with Gasteiger partial charge in [0.25, 0.3) is 0 Å². The Hall–Kier alpha value is -0.610. The maximum absolute atomic E-state index is 11.2. The largest absolute Gasteiger partial charge is 0.469 e. The molecule has 100 valence electrons. The van der Waals surface area contributed by atoms with E-state index >= 15 is 0 Å². The molecule has 4 nitrogen and oxygen atoms in total. The lowest BCUT2D eigenvalue weighted by atomic mass is 9.79. The summed E-state index contributed by atoms with van der Waals surface area (Å²) in [6.45, 7) is 5.13. The maximum Gasteiger partial charge on any atom is 0.309 e. The van der Waals surface area contributed by atoms with Crippen LogP contribution in [0.3, 0.4) is 0 Å². The van der Waals surface area contributed by atoms with Gasteiger partial charge in [0.05, 0.1) is 18.6 Å². The van der Waals surface area contributed by atoms with E-state index in [1.165, 1.54) is 13.5 Å². The molecule has 0 aromatic carbocycles. The van der Waals surface area contributed by atoms with Crippen molar-refractivity contribution in [2.45, 2.75) is 45.1 Å². The van der Waals surface area contributed by atoms with Gasteiger partial charge in [0, 0.05) is 13.1 Å². The van der Waals surface area contributed by atoms with Crippen LogP contribution in [0.25, 0.3) is 0 Å². The summed E-state index contributed by atoms with van der Waals surface area (Å²) in [4.78, 5) is 11.2. The third-order valence-corrected chi connectivity index (χ3v) is 3.58. The number of rotatable bonds is 5. The molecule has 0 saturated heterocycles. The second-order valence-electron chi connectivity index (χ2n) is 5.48. The standard InChI is InChI=1S/C13H25NO3/c1-10-5-4-6-13(16,7-10)9-14-8-11(2)12(15)17-3/h10-11,14,16H,4-9H2,1-3H3. The third-order valence-electron chi connectivity index (χ3n) is 3.58. The first-order chi connectivity index (χ1) is 7.97. The number of carbonyl (C=O) groups excluding carboxylic acids is 1. The molecule has 1 rings (SSSR count). The summed E-state index contributed by atoms with van der Waals surface area (Å²) in [6.07, 6.45) is 4.01. The molecule has 1 fully saturated rings. The third kappa shape index (κ3) is 4.64. The number of hydrogen-bond donors (Lipinski definition) is 2. The zero-order valence-corrected chi connectivity index (χ0v) is 11.2. The van der Waals surface area contributed by atoms with Crippen LogP contribution in [0.1, 0.15) is 39.5 Å². The Labute approximate surface area is 104 Å². The summed E-state index contributed by atoms with van der Waals surface area (Å²) < 4.78 is 4.66. The van der Waals surface area contributed by atoms with Crippen LogP contribution in [0.4, 0.5) is 0 Å². The van der Waals surface area contributed by atoms with Gasteiger partial charge in [0.2, 0.25) is 0 Å². The van der Waals surface area contributed by atoms with Crippen LogP contribution in [0.15, 0.2) is 0 Å². The van der Waals surface area contributed by atoms with Crippen molar-refractivity contribution < 1.29 is 14.6 Å². The maximum atomic E-state index is 11.2. The van der Waals surface area contributed by atoms with E-state index in [1.54, 1.807) is 0 Å². The predicted octanol–water partition coefficient (Wildman–Crippen LogP) is 1.33. The molecule has 0 spiro atoms. The molecule has 0 aliphatic heterocycles. The highest BCUT2D eigenvalue weighted by Gasteiger charge is 2.32. The Kier molecular flexibility index (Phi) is 5.40. The van der Waals surface area contributed by atoms with Crippen molar-refractivity contribution in [3.05, 3.63) is 0 Å². The molecule has 1 saturated carbocycles. The van der Waals surface area contributed by atoms with Gasteiger partial charge in [-0.1, -0.05) is 26.7 Å². The van der Waals surface area contributed by atoms with Crippen LogP contribution < -0.4 is 5.32 Å². The van der Waals surface area contributed by atoms with Gasteiger partial charge in [-0.25, -0.2) is 0 Å². The lowest BCUT2D eigenvalue weighted by Crippen LogP contribution is -2.45. The zero-order chi connectivity index (χ0) is 12.9. The van der Waals surface area contributed by atoms with E-state index in [0.29, 0.717) is 19.0 Å². The Morgan fingerprint density at radius 3 is 2.94 bits per heavy atom. The summed E-state index contributed by atoms with van der Waals surface area (Å²) in [7, 11) is 1.40. The van der Waals surface area contributed by atoms with Crippen molar-refractivity contribution in [2.75, 3.05) is 20.2 Å². The van der Waals surface area contributed by atoms with E-state index in [1.807, 2.05) is 6.92 Å². The van der Waals surface area contributed by atoms with Gasteiger partial charge in [-0.3, -0.25) is 4.79 Å². The minimum absolute atomic E-state index is 0.162. The molecule has 1 aliphatic carbocycles. The van der Waals surface area contributed by atoms with E-state index < -0.39 is 5.60 Å². The fourth-order valence-corrected chi connectivity index (χ4v) is 2.60. The highest BCUT2D eigenvalue weighted by Crippen LogP contribution is 2.31. The first-order valence-corrected chi connectivity index (χ1v) is 6.48. The van der Waals surface area contributed by atoms with E-state index in [-0.39, 0.29) is 11.9 Å². The molecule has 1 aliphatic rings. The molecule has 4 heteroatoms. The Morgan fingerprint density at radius 1 is 1.65 bits per heavy atom. The minimum Gasteiger partial charge on any atom is -0.469 e. The van der Waals surface area contributed by atoms with E-state index in [0.717, 1.165) is 19.3 Å². The van der Waals surface area contributed by atoms with Crippen molar-refractivity contribution >= 4 is 5.97 Å². The summed E-state index contributed by atoms with van der Waals surface area (Å²) in [6, 6.07) is 0. The summed E-state index contributed by atoms with van der Waals surface area (Å²) in [5, 5.41) is 13.6. The normalized spacial score (nSPS) is 30.9. The molecular formula is C13H25NO3. The first-order valence-electron chi connectivity index (χ1n) is 6.48. The van der Waals surface area contributed by atoms with Crippen LogP contribution in [-0.2, 0) is 9.53 Å². The van der Waals surface area contributed by atoms with E-state index in [4.69, 9.17) is 0 Å². The number of ether oxygens (including phenoxy) is 1. The number of hydrogen-bond acceptors (Lipinski definition) is 4. The Balaban J connectivity index is 2.27. The van der Waals surface area contributed by atoms with Crippen molar-refractivity contribution in [3.63, 3.8) is 0 Å². The fraction of sp³-hybridized carbons (Fsp3) is 0.923. The molecule has 0 radical (unpaired) electrons. The molecule has 0 bridgehead atoms.